The van der Waals surface area contributed by atoms with E-state index in [0.29, 0.717) is 12.2 Å². The van der Waals surface area contributed by atoms with E-state index in [4.69, 9.17) is 9.47 Å². The SMILES string of the molecule is COc1ccc(COCc2cc(Br)ccc2F)cc1. The van der Waals surface area contributed by atoms with Crippen LogP contribution < -0.4 is 4.74 Å². The van der Waals surface area contributed by atoms with Crippen molar-refractivity contribution in [3.05, 3.63) is 63.9 Å². The summed E-state index contributed by atoms with van der Waals surface area (Å²) in [5.74, 6) is 0.555. The molecule has 0 aliphatic carbocycles. The molecule has 0 amide bonds. The Morgan fingerprint density at radius 1 is 1.05 bits per heavy atom. The second-order valence-electron chi connectivity index (χ2n) is 4.08. The molecule has 0 radical (unpaired) electrons. The van der Waals surface area contributed by atoms with Crippen molar-refractivity contribution in [1.82, 2.24) is 0 Å². The third-order valence-corrected chi connectivity index (χ3v) is 3.19. The van der Waals surface area contributed by atoms with Gasteiger partial charge in [-0.2, -0.15) is 0 Å². The van der Waals surface area contributed by atoms with E-state index in [2.05, 4.69) is 15.9 Å². The van der Waals surface area contributed by atoms with Crippen LogP contribution in [0.15, 0.2) is 46.9 Å². The van der Waals surface area contributed by atoms with E-state index in [-0.39, 0.29) is 12.4 Å². The fraction of sp³-hybridized carbons (Fsp3) is 0.200. The monoisotopic (exact) mass is 324 g/mol. The Morgan fingerprint density at radius 3 is 2.47 bits per heavy atom. The zero-order valence-corrected chi connectivity index (χ0v) is 12.1. The Bertz CT molecular complexity index is 540. The lowest BCUT2D eigenvalue weighted by Gasteiger charge is -2.07. The molecule has 2 aromatic rings. The van der Waals surface area contributed by atoms with Gasteiger partial charge in [0.2, 0.25) is 0 Å². The van der Waals surface area contributed by atoms with Crippen molar-refractivity contribution in [2.45, 2.75) is 13.2 Å². The molecule has 0 aromatic heterocycles. The van der Waals surface area contributed by atoms with E-state index >= 15 is 0 Å². The largest absolute Gasteiger partial charge is 0.497 e. The van der Waals surface area contributed by atoms with Gasteiger partial charge in [0.1, 0.15) is 11.6 Å². The van der Waals surface area contributed by atoms with Crippen LogP contribution in [0.2, 0.25) is 0 Å². The third kappa shape index (κ3) is 4.04. The summed E-state index contributed by atoms with van der Waals surface area (Å²) < 4.78 is 24.9. The molecule has 0 atom stereocenters. The van der Waals surface area contributed by atoms with Crippen molar-refractivity contribution in [3.8, 4) is 5.75 Å². The number of methoxy groups -OCH3 is 1. The van der Waals surface area contributed by atoms with Gasteiger partial charge in [-0.25, -0.2) is 4.39 Å². The summed E-state index contributed by atoms with van der Waals surface area (Å²) in [6.07, 6.45) is 0. The highest BCUT2D eigenvalue weighted by Crippen LogP contribution is 2.17. The first kappa shape index (κ1) is 14.0. The zero-order valence-electron chi connectivity index (χ0n) is 10.5. The maximum absolute atomic E-state index is 13.5. The molecule has 0 heterocycles. The Labute approximate surface area is 120 Å². The Balaban J connectivity index is 1.90. The summed E-state index contributed by atoms with van der Waals surface area (Å²) in [4.78, 5) is 0. The fourth-order valence-electron chi connectivity index (χ4n) is 1.65. The van der Waals surface area contributed by atoms with E-state index in [1.807, 2.05) is 24.3 Å². The molecule has 0 aliphatic rings. The van der Waals surface area contributed by atoms with E-state index in [1.165, 1.54) is 6.07 Å². The molecule has 100 valence electrons. The van der Waals surface area contributed by atoms with Crippen LogP contribution in [-0.4, -0.2) is 7.11 Å². The lowest BCUT2D eigenvalue weighted by atomic mass is 10.2. The van der Waals surface area contributed by atoms with Crippen molar-refractivity contribution in [1.29, 1.82) is 0 Å². The number of ether oxygens (including phenoxy) is 2. The smallest absolute Gasteiger partial charge is 0.128 e. The molecular formula is C15H14BrFO2. The van der Waals surface area contributed by atoms with Gasteiger partial charge in [-0.05, 0) is 35.9 Å². The molecule has 4 heteroatoms. The molecule has 0 aliphatic heterocycles. The second-order valence-corrected chi connectivity index (χ2v) is 4.99. The molecule has 0 N–H and O–H groups in total. The number of rotatable bonds is 5. The van der Waals surface area contributed by atoms with Gasteiger partial charge >= 0.3 is 0 Å². The van der Waals surface area contributed by atoms with Crippen molar-refractivity contribution >= 4 is 15.9 Å². The van der Waals surface area contributed by atoms with Crippen molar-refractivity contribution in [2.24, 2.45) is 0 Å². The van der Waals surface area contributed by atoms with Crippen LogP contribution in [0.3, 0.4) is 0 Å². The number of hydrogen-bond acceptors (Lipinski definition) is 2. The second kappa shape index (κ2) is 6.68. The van der Waals surface area contributed by atoms with E-state index in [0.717, 1.165) is 15.8 Å². The van der Waals surface area contributed by atoms with E-state index < -0.39 is 0 Å². The molecule has 2 rings (SSSR count). The van der Waals surface area contributed by atoms with Crippen LogP contribution >= 0.6 is 15.9 Å². The van der Waals surface area contributed by atoms with E-state index in [1.54, 1.807) is 19.2 Å². The third-order valence-electron chi connectivity index (χ3n) is 2.69. The summed E-state index contributed by atoms with van der Waals surface area (Å²) in [5, 5.41) is 0. The van der Waals surface area contributed by atoms with Crippen LogP contribution in [0, 0.1) is 5.82 Å². The number of hydrogen-bond donors (Lipinski definition) is 0. The molecule has 2 aromatic carbocycles. The molecule has 0 bridgehead atoms. The lowest BCUT2D eigenvalue weighted by Crippen LogP contribution is -1.97. The van der Waals surface area contributed by atoms with Crippen LogP contribution in [0.4, 0.5) is 4.39 Å². The van der Waals surface area contributed by atoms with Crippen LogP contribution in [0.1, 0.15) is 11.1 Å². The van der Waals surface area contributed by atoms with Gasteiger partial charge in [-0.1, -0.05) is 28.1 Å². The quantitative estimate of drug-likeness (QED) is 0.815. The molecule has 19 heavy (non-hydrogen) atoms. The number of benzene rings is 2. The molecule has 0 fully saturated rings. The highest BCUT2D eigenvalue weighted by molar-refractivity contribution is 9.10. The minimum atomic E-state index is -0.252. The Morgan fingerprint density at radius 2 is 1.79 bits per heavy atom. The van der Waals surface area contributed by atoms with Gasteiger partial charge in [0.15, 0.2) is 0 Å². The van der Waals surface area contributed by atoms with Gasteiger partial charge in [-0.3, -0.25) is 0 Å². The fourth-order valence-corrected chi connectivity index (χ4v) is 2.06. The Kier molecular flexibility index (Phi) is 4.93. The Hall–Kier alpha value is -1.39. The van der Waals surface area contributed by atoms with Gasteiger partial charge in [-0.15, -0.1) is 0 Å². The first-order chi connectivity index (χ1) is 9.19. The zero-order chi connectivity index (χ0) is 13.7. The molecule has 0 spiro atoms. The van der Waals surface area contributed by atoms with Crippen molar-refractivity contribution in [3.63, 3.8) is 0 Å². The summed E-state index contributed by atoms with van der Waals surface area (Å²) in [6.45, 7) is 0.688. The molecule has 0 saturated heterocycles. The van der Waals surface area contributed by atoms with Crippen molar-refractivity contribution in [2.75, 3.05) is 7.11 Å². The maximum atomic E-state index is 13.5. The molecule has 2 nitrogen and oxygen atoms in total. The standard InChI is InChI=1S/C15H14BrFO2/c1-18-14-5-2-11(3-6-14)9-19-10-12-8-13(16)4-7-15(12)17/h2-8H,9-10H2,1H3. The summed E-state index contributed by atoms with van der Waals surface area (Å²) >= 11 is 3.31. The predicted molar refractivity (Wildman–Crippen MR) is 75.6 cm³/mol. The van der Waals surface area contributed by atoms with Crippen molar-refractivity contribution < 1.29 is 13.9 Å². The van der Waals surface area contributed by atoms with Crippen LogP contribution in [-0.2, 0) is 18.0 Å². The van der Waals surface area contributed by atoms with Gasteiger partial charge in [0, 0.05) is 10.0 Å². The van der Waals surface area contributed by atoms with Gasteiger partial charge < -0.3 is 9.47 Å². The van der Waals surface area contributed by atoms with E-state index in [9.17, 15) is 4.39 Å². The van der Waals surface area contributed by atoms with Gasteiger partial charge in [0.05, 0.1) is 20.3 Å². The first-order valence-corrected chi connectivity index (χ1v) is 6.63. The van der Waals surface area contributed by atoms with Crippen LogP contribution in [0.25, 0.3) is 0 Å². The molecule has 0 saturated carbocycles. The number of halogens is 2. The molecule has 0 unspecified atom stereocenters. The highest BCUT2D eigenvalue weighted by Gasteiger charge is 2.03. The minimum Gasteiger partial charge on any atom is -0.497 e. The average Bonchev–Trinajstić information content (AvgIpc) is 2.43. The van der Waals surface area contributed by atoms with Gasteiger partial charge in [0.25, 0.3) is 0 Å². The molecular weight excluding hydrogens is 311 g/mol. The predicted octanol–water partition coefficient (Wildman–Crippen LogP) is 4.31. The maximum Gasteiger partial charge on any atom is 0.128 e. The summed E-state index contributed by atoms with van der Waals surface area (Å²) in [5.41, 5.74) is 1.57. The normalized spacial score (nSPS) is 10.5. The average molecular weight is 325 g/mol. The topological polar surface area (TPSA) is 18.5 Å². The van der Waals surface area contributed by atoms with Crippen LogP contribution in [0.5, 0.6) is 5.75 Å². The summed E-state index contributed by atoms with van der Waals surface area (Å²) in [6, 6.07) is 12.4. The minimum absolute atomic E-state index is 0.247. The first-order valence-electron chi connectivity index (χ1n) is 5.83. The lowest BCUT2D eigenvalue weighted by molar-refractivity contribution is 0.105. The highest BCUT2D eigenvalue weighted by atomic mass is 79.9. The summed E-state index contributed by atoms with van der Waals surface area (Å²) in [7, 11) is 1.63.